The number of nitrogens with two attached hydrogens (primary N) is 2. The lowest BCUT2D eigenvalue weighted by Crippen LogP contribution is -2.21. The summed E-state index contributed by atoms with van der Waals surface area (Å²) in [5.74, 6) is 0.696. The van der Waals surface area contributed by atoms with Gasteiger partial charge in [0.15, 0.2) is 11.8 Å². The maximum absolute atomic E-state index is 5.34. The van der Waals surface area contributed by atoms with Gasteiger partial charge in [-0.15, -0.1) is 36.2 Å². The molecular weight excluding hydrogens is 371 g/mol. The van der Waals surface area contributed by atoms with E-state index in [1.807, 2.05) is 35.7 Å². The van der Waals surface area contributed by atoms with Crippen molar-refractivity contribution in [3.05, 3.63) is 47.7 Å². The van der Waals surface area contributed by atoms with E-state index in [1.54, 1.807) is 6.26 Å². The number of anilines is 1. The van der Waals surface area contributed by atoms with Crippen molar-refractivity contribution in [1.82, 2.24) is 9.97 Å². The van der Waals surface area contributed by atoms with Gasteiger partial charge in [-0.05, 0) is 18.2 Å². The second-order valence-electron chi connectivity index (χ2n) is 4.40. The van der Waals surface area contributed by atoms with Crippen LogP contribution >= 0.6 is 36.2 Å². The van der Waals surface area contributed by atoms with Crippen LogP contribution in [0.25, 0.3) is 11.4 Å². The first kappa shape index (κ1) is 19.8. The molecule has 3 rings (SSSR count). The maximum Gasteiger partial charge on any atom is 0.212 e. The van der Waals surface area contributed by atoms with Crippen molar-refractivity contribution in [2.45, 2.75) is 6.54 Å². The van der Waals surface area contributed by atoms with Crippen LogP contribution in [-0.2, 0) is 6.54 Å². The van der Waals surface area contributed by atoms with E-state index in [9.17, 15) is 0 Å². The van der Waals surface area contributed by atoms with E-state index in [2.05, 4.69) is 20.3 Å². The molecule has 5 N–H and O–H groups in total. The molecule has 0 aliphatic carbocycles. The number of nitrogens with one attached hydrogen (secondary N) is 1. The van der Waals surface area contributed by atoms with Gasteiger partial charge < -0.3 is 21.2 Å². The van der Waals surface area contributed by atoms with Crippen LogP contribution in [0.3, 0.4) is 0 Å². The summed E-state index contributed by atoms with van der Waals surface area (Å²) in [4.78, 5) is 12.8. The van der Waals surface area contributed by atoms with Crippen molar-refractivity contribution in [2.24, 2.45) is 16.5 Å². The average Bonchev–Trinajstić information content (AvgIpc) is 3.16. The Bertz CT molecular complexity index is 786. The van der Waals surface area contributed by atoms with Crippen molar-refractivity contribution in [2.75, 3.05) is 5.32 Å². The number of nitrogens with zero attached hydrogens (tertiary/aromatic N) is 3. The first-order valence-electron chi connectivity index (χ1n) is 6.49. The number of furan rings is 1. The minimum atomic E-state index is -0.00902. The van der Waals surface area contributed by atoms with Crippen molar-refractivity contribution >= 4 is 53.1 Å². The largest absolute Gasteiger partial charge is 0.449 e. The highest BCUT2D eigenvalue weighted by molar-refractivity contribution is 7.13. The van der Waals surface area contributed by atoms with E-state index in [-0.39, 0.29) is 30.8 Å². The minimum absolute atomic E-state index is 0. The molecule has 3 heterocycles. The van der Waals surface area contributed by atoms with E-state index >= 15 is 0 Å². The number of hydrogen-bond acceptors (Lipinski definition) is 6. The topological polar surface area (TPSA) is 115 Å². The summed E-state index contributed by atoms with van der Waals surface area (Å²) in [5, 5.41) is 5.53. The first-order valence-corrected chi connectivity index (χ1v) is 7.37. The van der Waals surface area contributed by atoms with E-state index in [4.69, 9.17) is 15.9 Å². The zero-order valence-corrected chi connectivity index (χ0v) is 14.8. The van der Waals surface area contributed by atoms with Crippen LogP contribution in [0, 0.1) is 0 Å². The standard InChI is InChI=1S/C14H14N6OS.2ClH/c15-13(16)20-14-19-11(8-22-14)10-4-1-3-9(18-10)7-17-12-5-2-6-21-12;;/h1-6,8,17H,7H2,(H4,15,16,19,20);2*1H. The Morgan fingerprint density at radius 1 is 1.12 bits per heavy atom. The van der Waals surface area contributed by atoms with Crippen LogP contribution in [0.5, 0.6) is 0 Å². The van der Waals surface area contributed by atoms with Crippen molar-refractivity contribution < 1.29 is 4.42 Å². The lowest BCUT2D eigenvalue weighted by atomic mass is 10.2. The molecule has 0 unspecified atom stereocenters. The monoisotopic (exact) mass is 386 g/mol. The van der Waals surface area contributed by atoms with Crippen LogP contribution in [0.15, 0.2) is 51.4 Å². The van der Waals surface area contributed by atoms with Gasteiger partial charge in [0.05, 0.1) is 24.2 Å². The third-order valence-corrected chi connectivity index (χ3v) is 3.49. The summed E-state index contributed by atoms with van der Waals surface area (Å²) in [6.45, 7) is 0.562. The number of halogens is 2. The van der Waals surface area contributed by atoms with Gasteiger partial charge in [-0.2, -0.15) is 4.99 Å². The van der Waals surface area contributed by atoms with E-state index < -0.39 is 0 Å². The van der Waals surface area contributed by atoms with Crippen molar-refractivity contribution in [1.29, 1.82) is 0 Å². The third-order valence-electron chi connectivity index (χ3n) is 2.75. The number of pyridine rings is 1. The average molecular weight is 387 g/mol. The summed E-state index contributed by atoms with van der Waals surface area (Å²) in [7, 11) is 0. The molecule has 3 aromatic rings. The van der Waals surface area contributed by atoms with Crippen LogP contribution in [0.2, 0.25) is 0 Å². The van der Waals surface area contributed by atoms with Crippen molar-refractivity contribution in [3.63, 3.8) is 0 Å². The zero-order valence-electron chi connectivity index (χ0n) is 12.4. The summed E-state index contributed by atoms with van der Waals surface area (Å²) in [5.41, 5.74) is 13.1. The molecule has 0 radical (unpaired) electrons. The lowest BCUT2D eigenvalue weighted by molar-refractivity contribution is 0.578. The van der Waals surface area contributed by atoms with Gasteiger partial charge in [0.25, 0.3) is 0 Å². The summed E-state index contributed by atoms with van der Waals surface area (Å²) < 4.78 is 5.22. The molecule has 0 aliphatic rings. The smallest absolute Gasteiger partial charge is 0.212 e. The van der Waals surface area contributed by atoms with Gasteiger partial charge in [-0.25, -0.2) is 9.97 Å². The molecule has 0 aliphatic heterocycles. The lowest BCUT2D eigenvalue weighted by Gasteiger charge is -2.04. The summed E-state index contributed by atoms with van der Waals surface area (Å²) in [6.07, 6.45) is 1.62. The number of hydrogen-bond donors (Lipinski definition) is 3. The zero-order chi connectivity index (χ0) is 15.4. The molecule has 3 aromatic heterocycles. The van der Waals surface area contributed by atoms with Gasteiger partial charge in [-0.3, -0.25) is 0 Å². The summed E-state index contributed by atoms with van der Waals surface area (Å²) >= 11 is 1.36. The molecule has 0 saturated carbocycles. The summed E-state index contributed by atoms with van der Waals surface area (Å²) in [6, 6.07) is 9.44. The van der Waals surface area contributed by atoms with E-state index in [0.29, 0.717) is 17.6 Å². The normalized spacial score (nSPS) is 9.50. The second kappa shape index (κ2) is 9.11. The Labute approximate surface area is 155 Å². The Balaban J connectivity index is 0.00000144. The van der Waals surface area contributed by atoms with Crippen LogP contribution in [0.4, 0.5) is 11.0 Å². The van der Waals surface area contributed by atoms with Gasteiger partial charge in [0.2, 0.25) is 5.13 Å². The Kier molecular flexibility index (Phi) is 7.50. The van der Waals surface area contributed by atoms with Gasteiger partial charge in [0.1, 0.15) is 5.69 Å². The Hall–Kier alpha value is -2.29. The Morgan fingerprint density at radius 2 is 1.96 bits per heavy atom. The highest BCUT2D eigenvalue weighted by Crippen LogP contribution is 2.25. The quantitative estimate of drug-likeness (QED) is 0.458. The molecule has 0 spiro atoms. The minimum Gasteiger partial charge on any atom is -0.449 e. The number of rotatable bonds is 5. The predicted molar refractivity (Wildman–Crippen MR) is 101 cm³/mol. The molecule has 0 fully saturated rings. The molecule has 7 nitrogen and oxygen atoms in total. The van der Waals surface area contributed by atoms with Crippen molar-refractivity contribution in [3.8, 4) is 11.4 Å². The highest BCUT2D eigenvalue weighted by Gasteiger charge is 2.07. The molecule has 24 heavy (non-hydrogen) atoms. The predicted octanol–water partition coefficient (Wildman–Crippen LogP) is 3.16. The molecule has 0 saturated heterocycles. The molecule has 0 aromatic carbocycles. The highest BCUT2D eigenvalue weighted by atomic mass is 35.5. The molecule has 10 heteroatoms. The third kappa shape index (κ3) is 5.12. The first-order chi connectivity index (χ1) is 10.7. The van der Waals surface area contributed by atoms with Crippen LogP contribution < -0.4 is 16.8 Å². The molecular formula is C14H16Cl2N6OS. The molecule has 0 bridgehead atoms. The van der Waals surface area contributed by atoms with Gasteiger partial charge >= 0.3 is 0 Å². The van der Waals surface area contributed by atoms with Crippen LogP contribution in [0.1, 0.15) is 5.69 Å². The SMILES string of the molecule is Cl.Cl.NC(N)=Nc1nc(-c2cccc(CNc3ccco3)n2)cs1. The number of aromatic nitrogens is 2. The van der Waals surface area contributed by atoms with E-state index in [0.717, 1.165) is 17.1 Å². The molecule has 128 valence electrons. The Morgan fingerprint density at radius 3 is 2.67 bits per heavy atom. The number of aliphatic imine (C=N–C) groups is 1. The van der Waals surface area contributed by atoms with Gasteiger partial charge in [0, 0.05) is 11.4 Å². The molecule has 0 amide bonds. The number of thiazole rings is 1. The fourth-order valence-electron chi connectivity index (χ4n) is 1.82. The van der Waals surface area contributed by atoms with E-state index in [1.165, 1.54) is 11.3 Å². The maximum atomic E-state index is 5.34. The fourth-order valence-corrected chi connectivity index (χ4v) is 2.52. The fraction of sp³-hybridized carbons (Fsp3) is 0.0714. The van der Waals surface area contributed by atoms with Crippen LogP contribution in [-0.4, -0.2) is 15.9 Å². The van der Waals surface area contributed by atoms with Gasteiger partial charge in [-0.1, -0.05) is 6.07 Å². The second-order valence-corrected chi connectivity index (χ2v) is 5.23. The number of guanidine groups is 1. The molecule has 0 atom stereocenters.